The second kappa shape index (κ2) is 7.03. The van der Waals surface area contributed by atoms with Crippen molar-refractivity contribution in [3.63, 3.8) is 0 Å². The average molecular weight is 360 g/mol. The SMILES string of the molecule is COc1ccccc1-c1cccnc1Oc1cnc(C(F)(F)F)c(C)c1. The summed E-state index contributed by atoms with van der Waals surface area (Å²) in [6.45, 7) is 1.34. The molecule has 26 heavy (non-hydrogen) atoms. The lowest BCUT2D eigenvalue weighted by Gasteiger charge is -2.14. The molecule has 0 spiro atoms. The van der Waals surface area contributed by atoms with E-state index >= 15 is 0 Å². The molecular formula is C19H15F3N2O2. The fourth-order valence-electron chi connectivity index (χ4n) is 2.56. The number of alkyl halides is 3. The molecule has 0 saturated heterocycles. The monoisotopic (exact) mass is 360 g/mol. The summed E-state index contributed by atoms with van der Waals surface area (Å²) in [6, 6.07) is 12.2. The van der Waals surface area contributed by atoms with Crippen molar-refractivity contribution in [2.75, 3.05) is 7.11 Å². The third-order valence-electron chi connectivity index (χ3n) is 3.70. The van der Waals surface area contributed by atoms with E-state index in [2.05, 4.69) is 9.97 Å². The van der Waals surface area contributed by atoms with Gasteiger partial charge in [-0.25, -0.2) is 9.97 Å². The molecule has 0 aliphatic rings. The lowest BCUT2D eigenvalue weighted by molar-refractivity contribution is -0.141. The van der Waals surface area contributed by atoms with Gasteiger partial charge >= 0.3 is 6.18 Å². The van der Waals surface area contributed by atoms with Crippen LogP contribution in [0.25, 0.3) is 11.1 Å². The van der Waals surface area contributed by atoms with Crippen molar-refractivity contribution in [1.29, 1.82) is 0 Å². The Bertz CT molecular complexity index is 927. The molecule has 0 aliphatic carbocycles. The van der Waals surface area contributed by atoms with Crippen LogP contribution in [0, 0.1) is 6.92 Å². The number of hydrogen-bond acceptors (Lipinski definition) is 4. The Morgan fingerprint density at radius 3 is 2.38 bits per heavy atom. The largest absolute Gasteiger partial charge is 0.496 e. The second-order valence-corrected chi connectivity index (χ2v) is 5.49. The first-order valence-corrected chi connectivity index (χ1v) is 7.70. The van der Waals surface area contributed by atoms with Crippen LogP contribution in [-0.2, 0) is 6.18 Å². The van der Waals surface area contributed by atoms with E-state index in [-0.39, 0.29) is 17.2 Å². The van der Waals surface area contributed by atoms with E-state index in [1.54, 1.807) is 31.5 Å². The first-order chi connectivity index (χ1) is 12.4. The van der Waals surface area contributed by atoms with E-state index in [1.807, 2.05) is 18.2 Å². The Balaban J connectivity index is 1.99. The maximum Gasteiger partial charge on any atom is 0.433 e. The summed E-state index contributed by atoms with van der Waals surface area (Å²) < 4.78 is 49.6. The molecule has 0 fully saturated rings. The summed E-state index contributed by atoms with van der Waals surface area (Å²) >= 11 is 0. The van der Waals surface area contributed by atoms with E-state index < -0.39 is 11.9 Å². The molecule has 0 unspecified atom stereocenters. The first-order valence-electron chi connectivity index (χ1n) is 7.70. The standard InChI is InChI=1S/C19H15F3N2O2/c1-12-10-13(11-24-17(12)19(20,21)22)26-18-15(7-5-9-23-18)14-6-3-4-8-16(14)25-2/h3-11H,1-2H3. The fraction of sp³-hybridized carbons (Fsp3) is 0.158. The topological polar surface area (TPSA) is 44.2 Å². The highest BCUT2D eigenvalue weighted by Gasteiger charge is 2.34. The van der Waals surface area contributed by atoms with Gasteiger partial charge in [-0.05, 0) is 36.8 Å². The van der Waals surface area contributed by atoms with Gasteiger partial charge in [-0.1, -0.05) is 18.2 Å². The number of ether oxygens (including phenoxy) is 2. The zero-order chi connectivity index (χ0) is 18.7. The van der Waals surface area contributed by atoms with Gasteiger partial charge in [0.2, 0.25) is 5.88 Å². The lowest BCUT2D eigenvalue weighted by Crippen LogP contribution is -2.10. The van der Waals surface area contributed by atoms with Crippen molar-refractivity contribution in [3.8, 4) is 28.5 Å². The maximum absolute atomic E-state index is 12.8. The number of pyridine rings is 2. The van der Waals surface area contributed by atoms with E-state index in [0.29, 0.717) is 11.3 Å². The number of para-hydroxylation sites is 1. The van der Waals surface area contributed by atoms with Crippen LogP contribution < -0.4 is 9.47 Å². The molecule has 2 aromatic heterocycles. The highest BCUT2D eigenvalue weighted by molar-refractivity contribution is 5.74. The van der Waals surface area contributed by atoms with Crippen molar-refractivity contribution >= 4 is 0 Å². The summed E-state index contributed by atoms with van der Waals surface area (Å²) in [4.78, 5) is 7.68. The third kappa shape index (κ3) is 3.61. The summed E-state index contributed by atoms with van der Waals surface area (Å²) in [6.07, 6.45) is -1.93. The van der Waals surface area contributed by atoms with Crippen LogP contribution in [0.15, 0.2) is 54.9 Å². The Morgan fingerprint density at radius 2 is 1.69 bits per heavy atom. The van der Waals surface area contributed by atoms with Crippen molar-refractivity contribution in [3.05, 3.63) is 66.1 Å². The number of nitrogens with zero attached hydrogens (tertiary/aromatic N) is 2. The molecule has 0 saturated carbocycles. The molecule has 3 rings (SSSR count). The molecule has 0 amide bonds. The van der Waals surface area contributed by atoms with Crippen LogP contribution in [0.4, 0.5) is 13.2 Å². The van der Waals surface area contributed by atoms with E-state index in [1.165, 1.54) is 13.0 Å². The molecule has 4 nitrogen and oxygen atoms in total. The predicted molar refractivity (Wildman–Crippen MR) is 90.3 cm³/mol. The predicted octanol–water partition coefficient (Wildman–Crippen LogP) is 5.27. The number of methoxy groups -OCH3 is 1. The number of aryl methyl sites for hydroxylation is 1. The Morgan fingerprint density at radius 1 is 0.962 bits per heavy atom. The van der Waals surface area contributed by atoms with Crippen LogP contribution >= 0.6 is 0 Å². The van der Waals surface area contributed by atoms with Crippen molar-refractivity contribution in [1.82, 2.24) is 9.97 Å². The molecule has 3 aromatic rings. The Hall–Kier alpha value is -3.09. The first kappa shape index (κ1) is 17.7. The van der Waals surface area contributed by atoms with E-state index in [0.717, 1.165) is 11.8 Å². The highest BCUT2D eigenvalue weighted by atomic mass is 19.4. The summed E-state index contributed by atoms with van der Waals surface area (Å²) in [5.74, 6) is 1.05. The molecule has 0 radical (unpaired) electrons. The van der Waals surface area contributed by atoms with Crippen molar-refractivity contribution < 1.29 is 22.6 Å². The normalized spacial score (nSPS) is 11.3. The smallest absolute Gasteiger partial charge is 0.433 e. The van der Waals surface area contributed by atoms with Gasteiger partial charge in [-0.3, -0.25) is 0 Å². The van der Waals surface area contributed by atoms with E-state index in [4.69, 9.17) is 9.47 Å². The van der Waals surface area contributed by atoms with Crippen molar-refractivity contribution in [2.24, 2.45) is 0 Å². The Kier molecular flexibility index (Phi) is 4.79. The zero-order valence-electron chi connectivity index (χ0n) is 14.0. The van der Waals surface area contributed by atoms with Gasteiger partial charge in [0.25, 0.3) is 0 Å². The third-order valence-corrected chi connectivity index (χ3v) is 3.70. The van der Waals surface area contributed by atoms with Crippen LogP contribution in [0.2, 0.25) is 0 Å². The average Bonchev–Trinajstić information content (AvgIpc) is 2.61. The van der Waals surface area contributed by atoms with Crippen LogP contribution in [0.1, 0.15) is 11.3 Å². The molecule has 1 aromatic carbocycles. The minimum Gasteiger partial charge on any atom is -0.496 e. The van der Waals surface area contributed by atoms with E-state index in [9.17, 15) is 13.2 Å². The number of benzene rings is 1. The van der Waals surface area contributed by atoms with Crippen LogP contribution in [0.3, 0.4) is 0 Å². The van der Waals surface area contributed by atoms with Gasteiger partial charge in [-0.15, -0.1) is 0 Å². The molecule has 0 bridgehead atoms. The molecule has 0 N–H and O–H groups in total. The van der Waals surface area contributed by atoms with Gasteiger partial charge < -0.3 is 9.47 Å². The maximum atomic E-state index is 12.8. The zero-order valence-corrected chi connectivity index (χ0v) is 14.0. The molecule has 0 atom stereocenters. The van der Waals surface area contributed by atoms with Crippen molar-refractivity contribution in [2.45, 2.75) is 13.1 Å². The molecule has 2 heterocycles. The molecule has 0 aliphatic heterocycles. The number of rotatable bonds is 4. The molecule has 134 valence electrons. The molecular weight excluding hydrogens is 345 g/mol. The number of halogens is 3. The second-order valence-electron chi connectivity index (χ2n) is 5.49. The number of hydrogen-bond donors (Lipinski definition) is 0. The summed E-state index contributed by atoms with van der Waals surface area (Å²) in [7, 11) is 1.55. The molecule has 7 heteroatoms. The van der Waals surface area contributed by atoms with Gasteiger partial charge in [0, 0.05) is 17.3 Å². The quantitative estimate of drug-likeness (QED) is 0.636. The van der Waals surface area contributed by atoms with Crippen LogP contribution in [0.5, 0.6) is 17.4 Å². The fourth-order valence-corrected chi connectivity index (χ4v) is 2.56. The van der Waals surface area contributed by atoms with Gasteiger partial charge in [-0.2, -0.15) is 13.2 Å². The summed E-state index contributed by atoms with van der Waals surface area (Å²) in [5, 5.41) is 0. The minimum atomic E-state index is -4.50. The van der Waals surface area contributed by atoms with Gasteiger partial charge in [0.1, 0.15) is 17.2 Å². The Labute approximate surface area is 148 Å². The van der Waals surface area contributed by atoms with Crippen LogP contribution in [-0.4, -0.2) is 17.1 Å². The lowest BCUT2D eigenvalue weighted by atomic mass is 10.1. The summed E-state index contributed by atoms with van der Waals surface area (Å²) in [5.41, 5.74) is 0.456. The van der Waals surface area contributed by atoms with Gasteiger partial charge in [0.05, 0.1) is 13.3 Å². The minimum absolute atomic E-state index is 0.0234. The number of aromatic nitrogens is 2. The highest BCUT2D eigenvalue weighted by Crippen LogP contribution is 2.37. The van der Waals surface area contributed by atoms with Gasteiger partial charge in [0.15, 0.2) is 0 Å².